The second-order valence-electron chi connectivity index (χ2n) is 4.63. The van der Waals surface area contributed by atoms with E-state index in [9.17, 15) is 21.6 Å². The van der Waals surface area contributed by atoms with Gasteiger partial charge in [-0.25, -0.2) is 18.4 Å². The van der Waals surface area contributed by atoms with Crippen LogP contribution in [0.5, 0.6) is 0 Å². The number of rotatable bonds is 1. The number of halogens is 3. The van der Waals surface area contributed by atoms with Crippen LogP contribution in [0.4, 0.5) is 24.8 Å². The van der Waals surface area contributed by atoms with Gasteiger partial charge in [0, 0.05) is 18.7 Å². The third-order valence-corrected chi connectivity index (χ3v) is 4.75. The minimum atomic E-state index is -4.70. The van der Waals surface area contributed by atoms with Gasteiger partial charge in [0.1, 0.15) is 11.6 Å². The summed E-state index contributed by atoms with van der Waals surface area (Å²) in [6.45, 7) is 1.69. The van der Waals surface area contributed by atoms with Gasteiger partial charge in [-0.3, -0.25) is 0 Å². The Kier molecular flexibility index (Phi) is 3.53. The maximum Gasteiger partial charge on any atom is 0.451 e. The van der Waals surface area contributed by atoms with E-state index >= 15 is 0 Å². The molecule has 2 rings (SSSR count). The summed E-state index contributed by atoms with van der Waals surface area (Å²) >= 11 is 0. The SMILES string of the molecule is CC1CS(=O)(=O)CCN1c1cc(N)nc(C(F)(F)F)n1. The molecule has 1 aliphatic heterocycles. The van der Waals surface area contributed by atoms with E-state index in [4.69, 9.17) is 5.73 Å². The number of nitrogens with two attached hydrogens (primary N) is 1. The van der Waals surface area contributed by atoms with Gasteiger partial charge in [0.15, 0.2) is 9.84 Å². The minimum absolute atomic E-state index is 0.00720. The fraction of sp³-hybridized carbons (Fsp3) is 0.600. The fourth-order valence-corrected chi connectivity index (χ4v) is 3.62. The van der Waals surface area contributed by atoms with Crippen molar-refractivity contribution in [2.24, 2.45) is 0 Å². The topological polar surface area (TPSA) is 89.2 Å². The largest absolute Gasteiger partial charge is 0.451 e. The number of nitrogen functional groups attached to an aromatic ring is 1. The third-order valence-electron chi connectivity index (χ3n) is 2.95. The van der Waals surface area contributed by atoms with Crippen molar-refractivity contribution in [2.45, 2.75) is 19.1 Å². The third kappa shape index (κ3) is 3.11. The number of nitrogens with zero attached hydrogens (tertiary/aromatic N) is 3. The predicted octanol–water partition coefficient (Wildman–Crippen LogP) is 0.701. The van der Waals surface area contributed by atoms with Crippen LogP contribution in [0.15, 0.2) is 6.07 Å². The van der Waals surface area contributed by atoms with Crippen molar-refractivity contribution in [3.63, 3.8) is 0 Å². The average molecular weight is 310 g/mol. The van der Waals surface area contributed by atoms with Crippen molar-refractivity contribution in [3.8, 4) is 0 Å². The molecule has 2 N–H and O–H groups in total. The monoisotopic (exact) mass is 310 g/mol. The summed E-state index contributed by atoms with van der Waals surface area (Å²) in [7, 11) is -3.16. The van der Waals surface area contributed by atoms with Crippen LogP contribution in [-0.2, 0) is 16.0 Å². The van der Waals surface area contributed by atoms with E-state index in [0.29, 0.717) is 0 Å². The molecule has 0 bridgehead atoms. The lowest BCUT2D eigenvalue weighted by atomic mass is 10.3. The zero-order chi connectivity index (χ0) is 15.1. The molecule has 2 heterocycles. The number of hydrogen-bond donors (Lipinski definition) is 1. The van der Waals surface area contributed by atoms with Crippen LogP contribution < -0.4 is 10.6 Å². The van der Waals surface area contributed by atoms with E-state index in [1.54, 1.807) is 6.92 Å². The summed E-state index contributed by atoms with van der Waals surface area (Å²) in [5, 5.41) is 0. The highest BCUT2D eigenvalue weighted by Crippen LogP contribution is 2.29. The van der Waals surface area contributed by atoms with Crippen LogP contribution in [0.25, 0.3) is 0 Å². The predicted molar refractivity (Wildman–Crippen MR) is 66.9 cm³/mol. The molecule has 6 nitrogen and oxygen atoms in total. The molecular weight excluding hydrogens is 297 g/mol. The first-order valence-corrected chi connectivity index (χ1v) is 7.59. The van der Waals surface area contributed by atoms with E-state index in [-0.39, 0.29) is 29.7 Å². The Morgan fingerprint density at radius 2 is 2.05 bits per heavy atom. The molecule has 1 aromatic heterocycles. The van der Waals surface area contributed by atoms with Crippen molar-refractivity contribution in [1.82, 2.24) is 9.97 Å². The Morgan fingerprint density at radius 1 is 1.40 bits per heavy atom. The first-order valence-electron chi connectivity index (χ1n) is 5.77. The van der Waals surface area contributed by atoms with E-state index in [2.05, 4.69) is 9.97 Å². The van der Waals surface area contributed by atoms with Gasteiger partial charge in [-0.1, -0.05) is 0 Å². The molecule has 112 valence electrons. The summed E-state index contributed by atoms with van der Waals surface area (Å²) in [4.78, 5) is 8.09. The van der Waals surface area contributed by atoms with Gasteiger partial charge in [-0.15, -0.1) is 0 Å². The average Bonchev–Trinajstić information content (AvgIpc) is 2.25. The molecule has 1 aliphatic rings. The first kappa shape index (κ1) is 14.8. The molecule has 10 heteroatoms. The highest BCUT2D eigenvalue weighted by molar-refractivity contribution is 7.91. The highest BCUT2D eigenvalue weighted by atomic mass is 32.2. The Bertz CT molecular complexity index is 617. The van der Waals surface area contributed by atoms with Crippen LogP contribution >= 0.6 is 0 Å². The minimum Gasteiger partial charge on any atom is -0.384 e. The smallest absolute Gasteiger partial charge is 0.384 e. The maximum absolute atomic E-state index is 12.6. The van der Waals surface area contributed by atoms with Gasteiger partial charge < -0.3 is 10.6 Å². The highest BCUT2D eigenvalue weighted by Gasteiger charge is 2.37. The van der Waals surface area contributed by atoms with Crippen LogP contribution in [0.1, 0.15) is 12.7 Å². The van der Waals surface area contributed by atoms with E-state index < -0.39 is 27.9 Å². The second kappa shape index (κ2) is 4.76. The summed E-state index contributed by atoms with van der Waals surface area (Å²) in [6, 6.07) is 0.744. The van der Waals surface area contributed by atoms with Gasteiger partial charge in [0.25, 0.3) is 0 Å². The molecule has 0 aliphatic carbocycles. The van der Waals surface area contributed by atoms with Crippen LogP contribution in [0.2, 0.25) is 0 Å². The van der Waals surface area contributed by atoms with Gasteiger partial charge in [-0.2, -0.15) is 13.2 Å². The zero-order valence-corrected chi connectivity index (χ0v) is 11.4. The maximum atomic E-state index is 12.6. The molecule has 0 spiro atoms. The molecule has 0 amide bonds. The molecule has 20 heavy (non-hydrogen) atoms. The van der Waals surface area contributed by atoms with Crippen molar-refractivity contribution in [2.75, 3.05) is 28.7 Å². The Morgan fingerprint density at radius 3 is 2.60 bits per heavy atom. The quantitative estimate of drug-likeness (QED) is 0.821. The summed E-state index contributed by atoms with van der Waals surface area (Å²) < 4.78 is 60.9. The molecule has 0 radical (unpaired) electrons. The normalized spacial score (nSPS) is 22.8. The molecule has 1 fully saturated rings. The molecule has 0 saturated carbocycles. The van der Waals surface area contributed by atoms with Crippen LogP contribution in [0.3, 0.4) is 0 Å². The molecule has 1 saturated heterocycles. The molecule has 1 atom stereocenters. The van der Waals surface area contributed by atoms with E-state index in [1.165, 1.54) is 11.0 Å². The molecular formula is C10H13F3N4O2S. The number of anilines is 2. The van der Waals surface area contributed by atoms with Crippen molar-refractivity contribution in [1.29, 1.82) is 0 Å². The van der Waals surface area contributed by atoms with Gasteiger partial charge >= 0.3 is 6.18 Å². The van der Waals surface area contributed by atoms with E-state index in [0.717, 1.165) is 0 Å². The fourth-order valence-electron chi connectivity index (χ4n) is 2.07. The zero-order valence-electron chi connectivity index (χ0n) is 10.6. The Labute approximate surface area is 113 Å². The second-order valence-corrected chi connectivity index (χ2v) is 6.86. The van der Waals surface area contributed by atoms with Crippen molar-refractivity contribution < 1.29 is 21.6 Å². The van der Waals surface area contributed by atoms with Gasteiger partial charge in [-0.05, 0) is 6.92 Å². The lowest BCUT2D eigenvalue weighted by Crippen LogP contribution is -2.47. The first-order chi connectivity index (χ1) is 9.08. The lowest BCUT2D eigenvalue weighted by molar-refractivity contribution is -0.144. The Hall–Kier alpha value is -1.58. The number of alkyl halides is 3. The van der Waals surface area contributed by atoms with Gasteiger partial charge in [0.2, 0.25) is 5.82 Å². The Balaban J connectivity index is 2.36. The molecule has 0 aromatic carbocycles. The number of hydrogen-bond acceptors (Lipinski definition) is 6. The summed E-state index contributed by atoms with van der Waals surface area (Å²) in [6.07, 6.45) is -4.70. The standard InChI is InChI=1S/C10H13F3N4O2S/c1-6-5-20(18,19)3-2-17(6)8-4-7(14)15-9(16-8)10(11,12)13/h4,6H,2-3,5H2,1H3,(H2,14,15,16). The van der Waals surface area contributed by atoms with Crippen molar-refractivity contribution >= 4 is 21.5 Å². The van der Waals surface area contributed by atoms with Crippen molar-refractivity contribution in [3.05, 3.63) is 11.9 Å². The molecule has 1 aromatic rings. The van der Waals surface area contributed by atoms with Gasteiger partial charge in [0.05, 0.1) is 11.5 Å². The summed E-state index contributed by atoms with van der Waals surface area (Å²) in [5.74, 6) is -1.88. The van der Waals surface area contributed by atoms with Crippen LogP contribution in [0, 0.1) is 0 Å². The summed E-state index contributed by atoms with van der Waals surface area (Å²) in [5.41, 5.74) is 5.37. The van der Waals surface area contributed by atoms with E-state index in [1.807, 2.05) is 0 Å². The molecule has 1 unspecified atom stereocenters. The lowest BCUT2D eigenvalue weighted by Gasteiger charge is -2.34. The number of sulfone groups is 1. The van der Waals surface area contributed by atoms with Crippen LogP contribution in [-0.4, -0.2) is 42.5 Å². The number of aromatic nitrogens is 2.